The lowest BCUT2D eigenvalue weighted by atomic mass is 10.00. The van der Waals surface area contributed by atoms with Crippen LogP contribution < -0.4 is 5.32 Å². The Kier molecular flexibility index (Phi) is 5.53. The molecule has 0 bridgehead atoms. The average Bonchev–Trinajstić information content (AvgIpc) is 2.31. The Labute approximate surface area is 112 Å². The highest BCUT2D eigenvalue weighted by atomic mass is 32.2. The van der Waals surface area contributed by atoms with Gasteiger partial charge in [0.05, 0.1) is 25.5 Å². The van der Waals surface area contributed by atoms with Gasteiger partial charge < -0.3 is 19.5 Å². The molecule has 9 heteroatoms. The van der Waals surface area contributed by atoms with Crippen molar-refractivity contribution >= 4 is 16.2 Å². The summed E-state index contributed by atoms with van der Waals surface area (Å²) in [6.45, 7) is 1.65. The molecule has 0 aromatic carbocycles. The fourth-order valence-electron chi connectivity index (χ4n) is 1.89. The maximum atomic E-state index is 11.3. The van der Waals surface area contributed by atoms with Gasteiger partial charge in [0.2, 0.25) is 0 Å². The summed E-state index contributed by atoms with van der Waals surface area (Å²) in [7, 11) is -0.986. The van der Waals surface area contributed by atoms with Crippen LogP contribution in [0.4, 0.5) is 4.79 Å². The highest BCUT2D eigenvalue weighted by molar-refractivity contribution is 7.86. The zero-order valence-electron chi connectivity index (χ0n) is 11.3. The van der Waals surface area contributed by atoms with E-state index in [2.05, 4.69) is 10.1 Å². The van der Waals surface area contributed by atoms with Gasteiger partial charge in [-0.25, -0.2) is 4.79 Å². The van der Waals surface area contributed by atoms with Gasteiger partial charge >= 0.3 is 6.09 Å². The molecule has 1 rings (SSSR count). The minimum Gasteiger partial charge on any atom is -0.453 e. The Bertz CT molecular complexity index is 410. The Morgan fingerprint density at radius 1 is 1.37 bits per heavy atom. The van der Waals surface area contributed by atoms with E-state index in [0.29, 0.717) is 0 Å². The van der Waals surface area contributed by atoms with Crippen LogP contribution in [0, 0.1) is 0 Å². The van der Waals surface area contributed by atoms with Gasteiger partial charge in [-0.3, -0.25) is 4.18 Å². The van der Waals surface area contributed by atoms with Crippen LogP contribution in [0.25, 0.3) is 0 Å². The third-order valence-corrected chi connectivity index (χ3v) is 3.28. The van der Waals surface area contributed by atoms with Crippen LogP contribution in [0.5, 0.6) is 0 Å². The van der Waals surface area contributed by atoms with E-state index in [4.69, 9.17) is 13.7 Å². The van der Waals surface area contributed by atoms with Crippen molar-refractivity contribution in [1.29, 1.82) is 0 Å². The van der Waals surface area contributed by atoms with E-state index >= 15 is 0 Å². The quantitative estimate of drug-likeness (QED) is 0.719. The first kappa shape index (κ1) is 16.2. The molecule has 8 nitrogen and oxygen atoms in total. The summed E-state index contributed by atoms with van der Waals surface area (Å²) in [5.41, 5.74) is 0. The van der Waals surface area contributed by atoms with E-state index in [-0.39, 0.29) is 6.42 Å². The predicted molar refractivity (Wildman–Crippen MR) is 65.0 cm³/mol. The fourth-order valence-corrected chi connectivity index (χ4v) is 2.59. The molecule has 0 saturated carbocycles. The Morgan fingerprint density at radius 2 is 2.00 bits per heavy atom. The van der Waals surface area contributed by atoms with Gasteiger partial charge in [0, 0.05) is 13.5 Å². The largest absolute Gasteiger partial charge is 0.453 e. The van der Waals surface area contributed by atoms with Crippen LogP contribution in [-0.4, -0.2) is 59.5 Å². The van der Waals surface area contributed by atoms with Crippen molar-refractivity contribution in [3.63, 3.8) is 0 Å². The molecule has 0 spiro atoms. The molecule has 19 heavy (non-hydrogen) atoms. The molecule has 1 saturated heterocycles. The lowest BCUT2D eigenvalue weighted by Crippen LogP contribution is -2.56. The molecule has 1 N–H and O–H groups in total. The average molecular weight is 297 g/mol. The molecule has 112 valence electrons. The number of hydrogen-bond acceptors (Lipinski definition) is 7. The number of carbonyl (C=O) groups excluding carboxylic acids is 1. The number of rotatable bonds is 4. The summed E-state index contributed by atoms with van der Waals surface area (Å²) >= 11 is 0. The van der Waals surface area contributed by atoms with E-state index < -0.39 is 40.8 Å². The summed E-state index contributed by atoms with van der Waals surface area (Å²) in [5.74, 6) is 0. The third kappa shape index (κ3) is 4.94. The van der Waals surface area contributed by atoms with E-state index in [1.54, 1.807) is 6.92 Å². The monoisotopic (exact) mass is 297 g/mol. The van der Waals surface area contributed by atoms with Gasteiger partial charge in [0.15, 0.2) is 6.29 Å². The fraction of sp³-hybridized carbons (Fsp3) is 0.900. The predicted octanol–water partition coefficient (Wildman–Crippen LogP) is -0.163. The van der Waals surface area contributed by atoms with Crippen molar-refractivity contribution in [3.8, 4) is 0 Å². The third-order valence-electron chi connectivity index (χ3n) is 2.71. The molecular weight excluding hydrogens is 278 g/mol. The zero-order chi connectivity index (χ0) is 14.6. The number of methoxy groups -OCH3 is 2. The number of amides is 1. The Balaban J connectivity index is 2.84. The number of hydrogen-bond donors (Lipinski definition) is 1. The lowest BCUT2D eigenvalue weighted by Gasteiger charge is -2.38. The molecule has 4 atom stereocenters. The number of nitrogens with one attached hydrogen (secondary N) is 1. The molecule has 0 aromatic heterocycles. The van der Waals surface area contributed by atoms with Crippen molar-refractivity contribution in [1.82, 2.24) is 5.32 Å². The molecular formula is C10H19NO7S. The zero-order valence-corrected chi connectivity index (χ0v) is 12.1. The molecule has 0 aliphatic carbocycles. The SMILES string of the molecule is COC(=O)NC1CC(OC)OC(C)C1OS(C)(=O)=O. The van der Waals surface area contributed by atoms with E-state index in [9.17, 15) is 13.2 Å². The van der Waals surface area contributed by atoms with Crippen LogP contribution in [0.2, 0.25) is 0 Å². The van der Waals surface area contributed by atoms with Gasteiger partial charge in [-0.15, -0.1) is 0 Å². The molecule has 0 radical (unpaired) electrons. The van der Waals surface area contributed by atoms with Crippen molar-refractivity contribution < 1.29 is 31.6 Å². The van der Waals surface area contributed by atoms with Gasteiger partial charge in [-0.1, -0.05) is 0 Å². The van der Waals surface area contributed by atoms with Crippen LogP contribution in [-0.2, 0) is 28.5 Å². The maximum Gasteiger partial charge on any atom is 0.407 e. The second kappa shape index (κ2) is 6.51. The standard InChI is InChI=1S/C10H19NO7S/c1-6-9(18-19(4,13)14)7(11-10(12)16-3)5-8(15-2)17-6/h6-9H,5H2,1-4H3,(H,11,12). The topological polar surface area (TPSA) is 100 Å². The molecule has 1 heterocycles. The van der Waals surface area contributed by atoms with Gasteiger partial charge in [-0.2, -0.15) is 8.42 Å². The van der Waals surface area contributed by atoms with Crippen molar-refractivity contribution in [2.75, 3.05) is 20.5 Å². The van der Waals surface area contributed by atoms with Gasteiger partial charge in [-0.05, 0) is 6.92 Å². The highest BCUT2D eigenvalue weighted by Gasteiger charge is 2.40. The smallest absolute Gasteiger partial charge is 0.407 e. The molecule has 1 aliphatic rings. The van der Waals surface area contributed by atoms with Crippen LogP contribution in [0.15, 0.2) is 0 Å². The summed E-state index contributed by atoms with van der Waals surface area (Å²) in [4.78, 5) is 11.3. The van der Waals surface area contributed by atoms with E-state index in [0.717, 1.165) is 6.26 Å². The minimum absolute atomic E-state index is 0.260. The first-order valence-corrected chi connectivity index (χ1v) is 7.49. The summed E-state index contributed by atoms with van der Waals surface area (Å²) in [6, 6.07) is -0.587. The molecule has 0 aromatic rings. The maximum absolute atomic E-state index is 11.3. The molecule has 1 aliphatic heterocycles. The first-order chi connectivity index (χ1) is 8.76. The number of alkyl carbamates (subject to hydrolysis) is 1. The van der Waals surface area contributed by atoms with Crippen LogP contribution in [0.1, 0.15) is 13.3 Å². The van der Waals surface area contributed by atoms with Gasteiger partial charge in [0.1, 0.15) is 6.10 Å². The summed E-state index contributed by atoms with van der Waals surface area (Å²) in [5, 5.41) is 2.53. The highest BCUT2D eigenvalue weighted by Crippen LogP contribution is 2.24. The van der Waals surface area contributed by atoms with Crippen molar-refractivity contribution in [2.45, 2.75) is 37.9 Å². The van der Waals surface area contributed by atoms with Crippen molar-refractivity contribution in [2.24, 2.45) is 0 Å². The minimum atomic E-state index is -3.67. The first-order valence-electron chi connectivity index (χ1n) is 5.67. The summed E-state index contributed by atoms with van der Waals surface area (Å²) in [6.07, 6.45) is -1.41. The normalized spacial score (nSPS) is 31.8. The number of ether oxygens (including phenoxy) is 3. The number of carbonyl (C=O) groups is 1. The second-order valence-electron chi connectivity index (χ2n) is 4.25. The van der Waals surface area contributed by atoms with Crippen LogP contribution >= 0.6 is 0 Å². The van der Waals surface area contributed by atoms with Gasteiger partial charge in [0.25, 0.3) is 10.1 Å². The Morgan fingerprint density at radius 3 is 2.47 bits per heavy atom. The molecule has 1 amide bonds. The van der Waals surface area contributed by atoms with Crippen molar-refractivity contribution in [3.05, 3.63) is 0 Å². The van der Waals surface area contributed by atoms with E-state index in [1.807, 2.05) is 0 Å². The van der Waals surface area contributed by atoms with Crippen LogP contribution in [0.3, 0.4) is 0 Å². The summed E-state index contributed by atoms with van der Waals surface area (Å²) < 4.78 is 42.5. The van der Waals surface area contributed by atoms with E-state index in [1.165, 1.54) is 14.2 Å². The lowest BCUT2D eigenvalue weighted by molar-refractivity contribution is -0.208. The Hall–Kier alpha value is -0.900. The molecule has 4 unspecified atom stereocenters. The molecule has 1 fully saturated rings. The second-order valence-corrected chi connectivity index (χ2v) is 5.85.